The summed E-state index contributed by atoms with van der Waals surface area (Å²) in [6.07, 6.45) is 4.29. The van der Waals surface area contributed by atoms with Gasteiger partial charge >= 0.3 is 5.97 Å². The van der Waals surface area contributed by atoms with E-state index in [1.165, 1.54) is 0 Å². The van der Waals surface area contributed by atoms with Crippen LogP contribution in [0.25, 0.3) is 0 Å². The molecule has 1 aromatic heterocycles. The van der Waals surface area contributed by atoms with E-state index in [1.54, 1.807) is 19.4 Å². The summed E-state index contributed by atoms with van der Waals surface area (Å²) in [5.41, 5.74) is 2.69. The van der Waals surface area contributed by atoms with Gasteiger partial charge in [-0.25, -0.2) is 0 Å². The molecule has 2 aromatic rings. The van der Waals surface area contributed by atoms with Gasteiger partial charge in [0.2, 0.25) is 0 Å². The summed E-state index contributed by atoms with van der Waals surface area (Å²) in [5, 5.41) is 10.3. The fraction of sp³-hybridized carbons (Fsp3) is 0.400. The van der Waals surface area contributed by atoms with Gasteiger partial charge in [-0.15, -0.1) is 0 Å². The van der Waals surface area contributed by atoms with Gasteiger partial charge in [0.05, 0.1) is 18.8 Å². The fourth-order valence-electron chi connectivity index (χ4n) is 3.60. The second kappa shape index (κ2) is 8.06. The molecule has 6 heteroatoms. The van der Waals surface area contributed by atoms with Gasteiger partial charge in [0, 0.05) is 16.8 Å². The highest BCUT2D eigenvalue weighted by Crippen LogP contribution is 2.38. The number of aryl methyl sites for hydroxylation is 1. The molecule has 5 nitrogen and oxygen atoms in total. The number of ether oxygens (including phenoxy) is 1. The van der Waals surface area contributed by atoms with E-state index in [9.17, 15) is 9.90 Å². The lowest BCUT2D eigenvalue weighted by atomic mass is 9.93. The number of halogens is 1. The number of piperidine rings is 1. The number of benzene rings is 1. The molecule has 1 fully saturated rings. The maximum Gasteiger partial charge on any atom is 0.320 e. The van der Waals surface area contributed by atoms with Gasteiger partial charge in [-0.2, -0.15) is 0 Å². The lowest BCUT2D eigenvalue weighted by Gasteiger charge is -2.39. The number of likely N-dealkylation sites (tertiary alicyclic amines) is 1. The Morgan fingerprint density at radius 1 is 1.35 bits per heavy atom. The minimum Gasteiger partial charge on any atom is -0.496 e. The van der Waals surface area contributed by atoms with E-state index < -0.39 is 12.0 Å². The third kappa shape index (κ3) is 3.84. The van der Waals surface area contributed by atoms with Crippen LogP contribution in [0.1, 0.15) is 42.1 Å². The predicted octanol–water partition coefficient (Wildman–Crippen LogP) is 4.08. The van der Waals surface area contributed by atoms with Crippen LogP contribution in [0.15, 0.2) is 36.5 Å². The van der Waals surface area contributed by atoms with Gasteiger partial charge in [-0.1, -0.05) is 24.1 Å². The van der Waals surface area contributed by atoms with E-state index in [-0.39, 0.29) is 6.04 Å². The molecule has 1 aromatic carbocycles. The van der Waals surface area contributed by atoms with Crippen molar-refractivity contribution >= 4 is 17.6 Å². The van der Waals surface area contributed by atoms with Crippen LogP contribution in [-0.4, -0.2) is 40.7 Å². The topological polar surface area (TPSA) is 62.7 Å². The van der Waals surface area contributed by atoms with Crippen molar-refractivity contribution in [1.82, 2.24) is 9.88 Å². The first-order valence-electron chi connectivity index (χ1n) is 8.76. The molecular formula is C20H23ClN2O3. The number of carbonyl (C=O) groups is 1. The molecule has 1 aliphatic rings. The van der Waals surface area contributed by atoms with E-state index >= 15 is 0 Å². The van der Waals surface area contributed by atoms with E-state index in [0.717, 1.165) is 29.7 Å². The Morgan fingerprint density at radius 3 is 2.81 bits per heavy atom. The summed E-state index contributed by atoms with van der Waals surface area (Å²) < 4.78 is 5.55. The zero-order chi connectivity index (χ0) is 18.7. The Bertz CT molecular complexity index is 779. The summed E-state index contributed by atoms with van der Waals surface area (Å²) in [7, 11) is 1.61. The number of methoxy groups -OCH3 is 1. The monoisotopic (exact) mass is 374 g/mol. The van der Waals surface area contributed by atoms with Crippen molar-refractivity contribution in [2.24, 2.45) is 0 Å². The molecule has 1 aliphatic heterocycles. The minimum absolute atomic E-state index is 0.328. The summed E-state index contributed by atoms with van der Waals surface area (Å²) in [6.45, 7) is 2.67. The zero-order valence-electron chi connectivity index (χ0n) is 15.0. The Morgan fingerprint density at radius 2 is 2.15 bits per heavy atom. The molecule has 0 bridgehead atoms. The van der Waals surface area contributed by atoms with Crippen LogP contribution in [0.4, 0.5) is 0 Å². The molecule has 0 amide bonds. The second-order valence-electron chi connectivity index (χ2n) is 6.64. The van der Waals surface area contributed by atoms with E-state index in [2.05, 4.69) is 4.98 Å². The standard InChI is InChI=1S/C20H23ClN2O3/c1-13-6-8-16(22-12-13)19(15-11-14(21)7-9-18(15)26-2)23-10-4-3-5-17(23)20(24)25/h6-9,11-12,17,19H,3-5,10H2,1-2H3,(H,24,25). The number of hydrogen-bond acceptors (Lipinski definition) is 4. The maximum atomic E-state index is 11.9. The lowest BCUT2D eigenvalue weighted by molar-refractivity contribution is -0.145. The minimum atomic E-state index is -0.803. The number of carboxylic acid groups (broad SMARTS) is 1. The van der Waals surface area contributed by atoms with Gasteiger partial charge in [0.1, 0.15) is 11.8 Å². The normalized spacial score (nSPS) is 19.1. The Labute approximate surface area is 158 Å². The summed E-state index contributed by atoms with van der Waals surface area (Å²) >= 11 is 6.26. The van der Waals surface area contributed by atoms with Crippen molar-refractivity contribution in [3.63, 3.8) is 0 Å². The highest BCUT2D eigenvalue weighted by Gasteiger charge is 2.37. The molecule has 2 heterocycles. The lowest BCUT2D eigenvalue weighted by Crippen LogP contribution is -2.47. The van der Waals surface area contributed by atoms with Gasteiger partial charge in [-0.3, -0.25) is 14.7 Å². The van der Waals surface area contributed by atoms with Crippen LogP contribution in [0.2, 0.25) is 5.02 Å². The van der Waals surface area contributed by atoms with Gasteiger partial charge in [-0.05, 0) is 56.1 Å². The molecule has 0 radical (unpaired) electrons. The average Bonchev–Trinajstić information content (AvgIpc) is 2.64. The van der Waals surface area contributed by atoms with Crippen molar-refractivity contribution < 1.29 is 14.6 Å². The second-order valence-corrected chi connectivity index (χ2v) is 7.07. The number of hydrogen-bond donors (Lipinski definition) is 1. The number of nitrogens with zero attached hydrogens (tertiary/aromatic N) is 2. The Hall–Kier alpha value is -2.11. The first-order chi connectivity index (χ1) is 12.5. The van der Waals surface area contributed by atoms with Crippen LogP contribution in [0.3, 0.4) is 0 Å². The van der Waals surface area contributed by atoms with Crippen molar-refractivity contribution in [2.45, 2.75) is 38.3 Å². The van der Waals surface area contributed by atoms with Crippen LogP contribution < -0.4 is 4.74 Å². The van der Waals surface area contributed by atoms with Crippen LogP contribution >= 0.6 is 11.6 Å². The van der Waals surface area contributed by atoms with Crippen LogP contribution in [0, 0.1) is 6.92 Å². The van der Waals surface area contributed by atoms with Crippen molar-refractivity contribution in [2.75, 3.05) is 13.7 Å². The van der Waals surface area contributed by atoms with E-state index in [4.69, 9.17) is 16.3 Å². The number of rotatable bonds is 5. The number of aromatic nitrogens is 1. The van der Waals surface area contributed by atoms with Crippen molar-refractivity contribution in [3.05, 3.63) is 58.4 Å². The number of carboxylic acids is 1. The third-order valence-corrected chi connectivity index (χ3v) is 5.10. The van der Waals surface area contributed by atoms with Gasteiger partial charge < -0.3 is 9.84 Å². The molecule has 0 spiro atoms. The molecule has 3 rings (SSSR count). The SMILES string of the molecule is COc1ccc(Cl)cc1C(c1ccc(C)cn1)N1CCCCC1C(=O)O. The Kier molecular flexibility index (Phi) is 5.79. The quantitative estimate of drug-likeness (QED) is 0.854. The van der Waals surface area contributed by atoms with E-state index in [0.29, 0.717) is 23.7 Å². The highest BCUT2D eigenvalue weighted by atomic mass is 35.5. The van der Waals surface area contributed by atoms with Crippen LogP contribution in [-0.2, 0) is 4.79 Å². The molecule has 0 saturated carbocycles. The zero-order valence-corrected chi connectivity index (χ0v) is 15.7. The summed E-state index contributed by atoms with van der Waals surface area (Å²) in [6, 6.07) is 8.50. The van der Waals surface area contributed by atoms with Crippen LogP contribution in [0.5, 0.6) is 5.75 Å². The van der Waals surface area contributed by atoms with Crippen molar-refractivity contribution in [3.8, 4) is 5.75 Å². The molecular weight excluding hydrogens is 352 g/mol. The van der Waals surface area contributed by atoms with Gasteiger partial charge in [0.15, 0.2) is 0 Å². The van der Waals surface area contributed by atoms with Crippen molar-refractivity contribution in [1.29, 1.82) is 0 Å². The summed E-state index contributed by atoms with van der Waals surface area (Å²) in [5.74, 6) is -0.126. The third-order valence-electron chi connectivity index (χ3n) is 4.86. The average molecular weight is 375 g/mol. The molecule has 1 saturated heterocycles. The molecule has 2 unspecified atom stereocenters. The Balaban J connectivity index is 2.15. The largest absolute Gasteiger partial charge is 0.496 e. The smallest absolute Gasteiger partial charge is 0.320 e. The molecule has 26 heavy (non-hydrogen) atoms. The first-order valence-corrected chi connectivity index (χ1v) is 9.13. The number of aliphatic carboxylic acids is 1. The predicted molar refractivity (Wildman–Crippen MR) is 101 cm³/mol. The summed E-state index contributed by atoms with van der Waals surface area (Å²) in [4.78, 5) is 18.5. The number of pyridine rings is 1. The fourth-order valence-corrected chi connectivity index (χ4v) is 3.78. The molecule has 2 atom stereocenters. The molecule has 138 valence electrons. The molecule has 0 aliphatic carbocycles. The van der Waals surface area contributed by atoms with Gasteiger partial charge in [0.25, 0.3) is 0 Å². The molecule has 1 N–H and O–H groups in total. The van der Waals surface area contributed by atoms with E-state index in [1.807, 2.05) is 36.1 Å². The first kappa shape index (κ1) is 18.7. The highest BCUT2D eigenvalue weighted by molar-refractivity contribution is 6.30. The maximum absolute atomic E-state index is 11.9.